The third-order valence-electron chi connectivity index (χ3n) is 7.70. The number of thiophene rings is 1. The van der Waals surface area contributed by atoms with E-state index in [2.05, 4.69) is 30.7 Å². The molecule has 2 fully saturated rings. The van der Waals surface area contributed by atoms with Crippen LogP contribution in [0.5, 0.6) is 0 Å². The number of piperidine rings is 1. The van der Waals surface area contributed by atoms with Crippen molar-refractivity contribution < 1.29 is 35.7 Å². The van der Waals surface area contributed by atoms with Crippen LogP contribution in [0.1, 0.15) is 30.7 Å². The topological polar surface area (TPSA) is 122 Å². The lowest BCUT2D eigenvalue weighted by atomic mass is 9.95. The van der Waals surface area contributed by atoms with Gasteiger partial charge < -0.3 is 20.9 Å². The van der Waals surface area contributed by atoms with Crippen molar-refractivity contribution in [2.24, 2.45) is 10.7 Å². The number of hydrogen-bond donors (Lipinski definition) is 3. The Kier molecular flexibility index (Phi) is 8.96. The van der Waals surface area contributed by atoms with Gasteiger partial charge in [-0.25, -0.2) is 13.2 Å². The zero-order valence-electron chi connectivity index (χ0n) is 22.9. The molecule has 4 unspecified atom stereocenters. The molecule has 9 nitrogen and oxygen atoms in total. The quantitative estimate of drug-likeness (QED) is 0.167. The van der Waals surface area contributed by atoms with Crippen LogP contribution in [-0.4, -0.2) is 77.7 Å². The Balaban J connectivity index is 1.39. The first-order valence-electron chi connectivity index (χ1n) is 13.5. The maximum atomic E-state index is 15.4. The standard InChI is InChI=1S/C27H29F6N7O2S/c1-40-14-5-6-19(40)22(30)18(7-14)37-17-4-2-3-15-16(8-27(31,32)33)24(43-23(15)17)25-38-21(42-39-25)12-36-26(41)13(9-34)10-35-11-20(28)29/h2-4,9-10,14,18-20,22,37H,5-8,11-12,34H2,1H3,(H,36,41)/b13-9+,35-10?. The summed E-state index contributed by atoms with van der Waals surface area (Å²) < 4.78 is 86.8. The number of benzene rings is 1. The number of nitrogens with two attached hydrogens (primary N) is 1. The van der Waals surface area contributed by atoms with Gasteiger partial charge in [-0.3, -0.25) is 14.7 Å². The van der Waals surface area contributed by atoms with Gasteiger partial charge in [0.25, 0.3) is 12.3 Å². The normalized spacial score (nSPS) is 23.1. The molecular formula is C27H29F6N7O2S. The summed E-state index contributed by atoms with van der Waals surface area (Å²) >= 11 is 1.04. The van der Waals surface area contributed by atoms with Crippen LogP contribution >= 0.6 is 11.3 Å². The molecule has 3 aromatic rings. The Labute approximate surface area is 246 Å². The molecule has 1 amide bonds. The molecule has 2 aromatic heterocycles. The first-order valence-corrected chi connectivity index (χ1v) is 14.3. The molecule has 43 heavy (non-hydrogen) atoms. The van der Waals surface area contributed by atoms with E-state index in [9.17, 15) is 26.7 Å². The Bertz CT molecular complexity index is 1520. The van der Waals surface area contributed by atoms with Crippen molar-refractivity contribution >= 4 is 39.2 Å². The maximum absolute atomic E-state index is 15.4. The second kappa shape index (κ2) is 12.5. The molecule has 2 bridgehead atoms. The monoisotopic (exact) mass is 629 g/mol. The summed E-state index contributed by atoms with van der Waals surface area (Å²) in [5.74, 6) is -0.978. The minimum Gasteiger partial charge on any atom is -0.404 e. The van der Waals surface area contributed by atoms with Crippen molar-refractivity contribution in [1.29, 1.82) is 0 Å². The lowest BCUT2D eigenvalue weighted by Gasteiger charge is -2.39. The molecule has 16 heteroatoms. The summed E-state index contributed by atoms with van der Waals surface area (Å²) in [7, 11) is 1.92. The van der Waals surface area contributed by atoms with Gasteiger partial charge in [0.2, 0.25) is 11.7 Å². The molecule has 2 aliphatic heterocycles. The Morgan fingerprint density at radius 1 is 1.33 bits per heavy atom. The van der Waals surface area contributed by atoms with Gasteiger partial charge in [0.1, 0.15) is 6.17 Å². The number of fused-ring (bicyclic) bond motifs is 3. The highest BCUT2D eigenvalue weighted by Gasteiger charge is 2.46. The van der Waals surface area contributed by atoms with Crippen LogP contribution < -0.4 is 16.4 Å². The Morgan fingerprint density at radius 2 is 2.12 bits per heavy atom. The zero-order valence-corrected chi connectivity index (χ0v) is 23.7. The molecule has 0 radical (unpaired) electrons. The number of nitrogens with one attached hydrogen (secondary N) is 2. The fraction of sp³-hybridized carbons (Fsp3) is 0.481. The van der Waals surface area contributed by atoms with Gasteiger partial charge in [0.05, 0.1) is 46.4 Å². The van der Waals surface area contributed by atoms with Crippen LogP contribution in [0.4, 0.5) is 32.0 Å². The van der Waals surface area contributed by atoms with Crippen LogP contribution in [0.3, 0.4) is 0 Å². The van der Waals surface area contributed by atoms with Crippen LogP contribution in [0.25, 0.3) is 20.8 Å². The van der Waals surface area contributed by atoms with E-state index in [-0.39, 0.29) is 46.4 Å². The Morgan fingerprint density at radius 3 is 2.84 bits per heavy atom. The molecular weight excluding hydrogens is 600 g/mol. The molecule has 0 spiro atoms. The van der Waals surface area contributed by atoms with Crippen LogP contribution in [0.2, 0.25) is 0 Å². The highest BCUT2D eigenvalue weighted by molar-refractivity contribution is 7.23. The van der Waals surface area contributed by atoms with Crippen molar-refractivity contribution in [2.45, 2.75) is 69.1 Å². The number of halogens is 6. The number of alkyl halides is 6. The summed E-state index contributed by atoms with van der Waals surface area (Å²) in [4.78, 5) is 22.1. The molecule has 0 aliphatic carbocycles. The van der Waals surface area contributed by atoms with Crippen LogP contribution in [0, 0.1) is 0 Å². The van der Waals surface area contributed by atoms with Crippen molar-refractivity contribution in [3.63, 3.8) is 0 Å². The van der Waals surface area contributed by atoms with E-state index < -0.39 is 43.7 Å². The predicted molar refractivity (Wildman–Crippen MR) is 150 cm³/mol. The first kappa shape index (κ1) is 30.8. The fourth-order valence-corrected chi connectivity index (χ4v) is 6.89. The van der Waals surface area contributed by atoms with E-state index in [1.54, 1.807) is 18.2 Å². The van der Waals surface area contributed by atoms with Crippen molar-refractivity contribution in [2.75, 3.05) is 18.9 Å². The summed E-state index contributed by atoms with van der Waals surface area (Å²) in [5.41, 5.74) is 5.67. The first-order chi connectivity index (χ1) is 20.4. The average Bonchev–Trinajstić information content (AvgIpc) is 3.63. The molecule has 1 aromatic carbocycles. The summed E-state index contributed by atoms with van der Waals surface area (Å²) in [6.45, 7) is -1.12. The number of carbonyl (C=O) groups excluding carboxylic acids is 1. The number of hydrogen-bond acceptors (Lipinski definition) is 9. The number of nitrogens with zero attached hydrogens (tertiary/aromatic N) is 4. The molecule has 4 atom stereocenters. The third-order valence-corrected chi connectivity index (χ3v) is 8.97. The fourth-order valence-electron chi connectivity index (χ4n) is 5.66. The van der Waals surface area contributed by atoms with Crippen LogP contribution in [0.15, 0.2) is 39.5 Å². The number of aliphatic imine (C=N–C) groups is 1. The predicted octanol–water partition coefficient (Wildman–Crippen LogP) is 4.84. The third kappa shape index (κ3) is 6.79. The highest BCUT2D eigenvalue weighted by atomic mass is 32.1. The van der Waals surface area contributed by atoms with Crippen LogP contribution in [-0.2, 0) is 17.8 Å². The number of anilines is 1. The van der Waals surface area contributed by atoms with Crippen molar-refractivity contribution in [3.8, 4) is 10.7 Å². The lowest BCUT2D eigenvalue weighted by Crippen LogP contribution is -2.53. The molecule has 5 rings (SSSR count). The van der Waals surface area contributed by atoms with E-state index in [0.717, 1.165) is 36.6 Å². The molecule has 2 aliphatic rings. The van der Waals surface area contributed by atoms with Crippen molar-refractivity contribution in [3.05, 3.63) is 41.4 Å². The molecule has 4 N–H and O–H groups in total. The van der Waals surface area contributed by atoms with Gasteiger partial charge in [-0.1, -0.05) is 17.3 Å². The highest BCUT2D eigenvalue weighted by Crippen LogP contribution is 2.44. The zero-order chi connectivity index (χ0) is 30.9. The smallest absolute Gasteiger partial charge is 0.393 e. The summed E-state index contributed by atoms with van der Waals surface area (Å²) in [6.07, 6.45) is -5.58. The van der Waals surface area contributed by atoms with Crippen molar-refractivity contribution in [1.82, 2.24) is 20.4 Å². The second-order valence-electron chi connectivity index (χ2n) is 10.5. The average molecular weight is 630 g/mol. The second-order valence-corrected chi connectivity index (χ2v) is 11.5. The van der Waals surface area contributed by atoms with Gasteiger partial charge in [0.15, 0.2) is 0 Å². The van der Waals surface area contributed by atoms with E-state index in [1.807, 2.05) is 7.05 Å². The SMILES string of the molecule is CN1C2CCC1C(F)C(Nc1cccc3c(CC(F)(F)F)c(-c4noc(CNC(=O)/C(C=NCC(F)F)=C/N)n4)sc13)C2. The Hall–Kier alpha value is -3.66. The number of aromatic nitrogens is 2. The van der Waals surface area contributed by atoms with Gasteiger partial charge in [0, 0.05) is 24.5 Å². The summed E-state index contributed by atoms with van der Waals surface area (Å²) in [6, 6.07) is 4.48. The minimum atomic E-state index is -4.54. The number of amides is 1. The largest absolute Gasteiger partial charge is 0.404 e. The van der Waals surface area contributed by atoms with E-state index in [0.29, 0.717) is 22.2 Å². The molecule has 232 valence electrons. The number of rotatable bonds is 10. The maximum Gasteiger partial charge on any atom is 0.393 e. The molecule has 0 saturated carbocycles. The summed E-state index contributed by atoms with van der Waals surface area (Å²) in [5, 5.41) is 9.88. The molecule has 4 heterocycles. The van der Waals surface area contributed by atoms with Gasteiger partial charge in [-0.15, -0.1) is 11.3 Å². The van der Waals surface area contributed by atoms with E-state index >= 15 is 4.39 Å². The van der Waals surface area contributed by atoms with Gasteiger partial charge in [-0.2, -0.15) is 18.2 Å². The minimum absolute atomic E-state index is 0.0450. The van der Waals surface area contributed by atoms with E-state index in [4.69, 9.17) is 10.3 Å². The van der Waals surface area contributed by atoms with E-state index in [1.165, 1.54) is 0 Å². The number of carbonyl (C=O) groups is 1. The van der Waals surface area contributed by atoms with Gasteiger partial charge in [-0.05, 0) is 43.3 Å². The van der Waals surface area contributed by atoms with Gasteiger partial charge >= 0.3 is 6.18 Å². The lowest BCUT2D eigenvalue weighted by molar-refractivity contribution is -0.126. The molecule has 2 saturated heterocycles.